The van der Waals surface area contributed by atoms with E-state index in [0.29, 0.717) is 5.56 Å². The number of hydrogen-bond donors (Lipinski definition) is 1. The second-order valence-electron chi connectivity index (χ2n) is 7.27. The molecule has 0 aliphatic heterocycles. The molecule has 0 atom stereocenters. The summed E-state index contributed by atoms with van der Waals surface area (Å²) in [5, 5.41) is 2.28. The lowest BCUT2D eigenvalue weighted by Crippen LogP contribution is -2.38. The lowest BCUT2D eigenvalue weighted by atomic mass is 10.2. The molecule has 180 valence electrons. The van der Waals surface area contributed by atoms with Crippen LogP contribution in [0.3, 0.4) is 0 Å². The van der Waals surface area contributed by atoms with Gasteiger partial charge >= 0.3 is 6.18 Å². The van der Waals surface area contributed by atoms with Gasteiger partial charge in [0.05, 0.1) is 18.4 Å². The highest BCUT2D eigenvalue weighted by Gasteiger charge is 2.32. The Kier molecular flexibility index (Phi) is 7.15. The van der Waals surface area contributed by atoms with Crippen molar-refractivity contribution in [3.8, 4) is 5.75 Å². The quantitative estimate of drug-likeness (QED) is 0.468. The number of ether oxygens (including phenoxy) is 1. The summed E-state index contributed by atoms with van der Waals surface area (Å²) in [6.07, 6.45) is -4.62. The van der Waals surface area contributed by atoms with Crippen molar-refractivity contribution in [2.24, 2.45) is 0 Å². The molecule has 0 aromatic heterocycles. The van der Waals surface area contributed by atoms with Gasteiger partial charge in [-0.15, -0.1) is 0 Å². The first-order valence-electron chi connectivity index (χ1n) is 9.82. The van der Waals surface area contributed by atoms with Gasteiger partial charge in [0.2, 0.25) is 5.91 Å². The predicted molar refractivity (Wildman–Crippen MR) is 119 cm³/mol. The summed E-state index contributed by atoms with van der Waals surface area (Å²) in [6.45, 7) is 0.877. The van der Waals surface area contributed by atoms with E-state index in [1.807, 2.05) is 0 Å². The van der Waals surface area contributed by atoms with Crippen LogP contribution in [0.2, 0.25) is 0 Å². The zero-order valence-electron chi connectivity index (χ0n) is 18.1. The summed E-state index contributed by atoms with van der Waals surface area (Å²) in [4.78, 5) is 12.5. The van der Waals surface area contributed by atoms with Gasteiger partial charge in [-0.05, 0) is 67.1 Å². The molecule has 3 rings (SSSR count). The van der Waals surface area contributed by atoms with E-state index in [1.165, 1.54) is 37.4 Å². The Morgan fingerprint density at radius 1 is 1.03 bits per heavy atom. The molecule has 0 bridgehead atoms. The summed E-state index contributed by atoms with van der Waals surface area (Å²) in [5.41, 5.74) is -0.557. The Balaban J connectivity index is 1.99. The summed E-state index contributed by atoms with van der Waals surface area (Å²) in [7, 11) is -3.12. The van der Waals surface area contributed by atoms with Crippen molar-refractivity contribution >= 4 is 27.3 Å². The summed E-state index contributed by atoms with van der Waals surface area (Å²) >= 11 is 0. The molecular weight excluding hydrogens is 476 g/mol. The van der Waals surface area contributed by atoms with Crippen LogP contribution in [0.5, 0.6) is 5.75 Å². The minimum Gasteiger partial charge on any atom is -0.495 e. The van der Waals surface area contributed by atoms with Gasteiger partial charge in [0.15, 0.2) is 0 Å². The maximum absolute atomic E-state index is 13.5. The van der Waals surface area contributed by atoms with Gasteiger partial charge in [0.25, 0.3) is 10.0 Å². The second-order valence-corrected chi connectivity index (χ2v) is 9.10. The zero-order valence-corrected chi connectivity index (χ0v) is 18.9. The number of alkyl halides is 3. The predicted octanol–water partition coefficient (Wildman–Crippen LogP) is 5.00. The highest BCUT2D eigenvalue weighted by Crippen LogP contribution is 2.32. The number of carbonyl (C=O) groups is 1. The molecule has 0 unspecified atom stereocenters. The Morgan fingerprint density at radius 3 is 2.32 bits per heavy atom. The third kappa shape index (κ3) is 5.66. The molecule has 3 aromatic rings. The maximum Gasteiger partial charge on any atom is 0.416 e. The molecule has 0 fully saturated rings. The van der Waals surface area contributed by atoms with Crippen LogP contribution in [0.15, 0.2) is 71.6 Å². The molecule has 11 heteroatoms. The van der Waals surface area contributed by atoms with Gasteiger partial charge < -0.3 is 10.1 Å². The molecule has 0 spiro atoms. The van der Waals surface area contributed by atoms with E-state index < -0.39 is 40.0 Å². The molecule has 0 saturated carbocycles. The molecule has 1 N–H and O–H groups in total. The van der Waals surface area contributed by atoms with Crippen molar-refractivity contribution in [2.45, 2.75) is 18.0 Å². The molecular formula is C23H20F4N2O4S. The standard InChI is InChI=1S/C23H20F4N2O4S/c1-15-6-11-20(33-2)21(12-15)34(31,32)29(19-9-7-17(24)8-10-19)14-22(30)28-18-5-3-4-16(13-18)23(25,26)27/h3-13H,14H2,1-2H3,(H,28,30). The van der Waals surface area contributed by atoms with Gasteiger partial charge in [0, 0.05) is 5.69 Å². The van der Waals surface area contributed by atoms with E-state index in [-0.39, 0.29) is 22.0 Å². The molecule has 1 amide bonds. The lowest BCUT2D eigenvalue weighted by molar-refractivity contribution is -0.137. The SMILES string of the molecule is COc1ccc(C)cc1S(=O)(=O)N(CC(=O)Nc1cccc(C(F)(F)F)c1)c1ccc(F)cc1. The van der Waals surface area contributed by atoms with E-state index in [0.717, 1.165) is 34.6 Å². The molecule has 0 aliphatic carbocycles. The highest BCUT2D eigenvalue weighted by molar-refractivity contribution is 7.93. The van der Waals surface area contributed by atoms with Crippen molar-refractivity contribution in [3.63, 3.8) is 0 Å². The number of hydrogen-bond acceptors (Lipinski definition) is 4. The average molecular weight is 496 g/mol. The number of nitrogens with zero attached hydrogens (tertiary/aromatic N) is 1. The van der Waals surface area contributed by atoms with Crippen molar-refractivity contribution in [1.29, 1.82) is 0 Å². The van der Waals surface area contributed by atoms with Crippen molar-refractivity contribution in [3.05, 3.63) is 83.7 Å². The van der Waals surface area contributed by atoms with E-state index >= 15 is 0 Å². The van der Waals surface area contributed by atoms with Crippen LogP contribution in [-0.4, -0.2) is 28.0 Å². The summed E-state index contributed by atoms with van der Waals surface area (Å²) < 4.78 is 85.4. The van der Waals surface area contributed by atoms with Gasteiger partial charge in [0.1, 0.15) is 23.0 Å². The fraction of sp³-hybridized carbons (Fsp3) is 0.174. The largest absolute Gasteiger partial charge is 0.495 e. The van der Waals surface area contributed by atoms with Gasteiger partial charge in [-0.3, -0.25) is 9.10 Å². The van der Waals surface area contributed by atoms with E-state index in [4.69, 9.17) is 4.74 Å². The Labute approximate surface area is 193 Å². The molecule has 0 aliphatic rings. The smallest absolute Gasteiger partial charge is 0.416 e. The van der Waals surface area contributed by atoms with Crippen LogP contribution in [0.25, 0.3) is 0 Å². The van der Waals surface area contributed by atoms with Gasteiger partial charge in [-0.1, -0.05) is 12.1 Å². The maximum atomic E-state index is 13.5. The van der Waals surface area contributed by atoms with Crippen LogP contribution in [0.1, 0.15) is 11.1 Å². The lowest BCUT2D eigenvalue weighted by Gasteiger charge is -2.25. The number of carbonyl (C=O) groups excluding carboxylic acids is 1. The van der Waals surface area contributed by atoms with Crippen LogP contribution in [0.4, 0.5) is 28.9 Å². The molecule has 0 heterocycles. The van der Waals surface area contributed by atoms with Crippen molar-refractivity contribution in [2.75, 3.05) is 23.3 Å². The van der Waals surface area contributed by atoms with Crippen LogP contribution in [0, 0.1) is 12.7 Å². The first kappa shape index (κ1) is 25.0. The number of halogens is 4. The fourth-order valence-corrected chi connectivity index (χ4v) is 4.80. The number of benzene rings is 3. The number of amides is 1. The number of sulfonamides is 1. The monoisotopic (exact) mass is 496 g/mol. The highest BCUT2D eigenvalue weighted by atomic mass is 32.2. The molecule has 34 heavy (non-hydrogen) atoms. The number of methoxy groups -OCH3 is 1. The second kappa shape index (κ2) is 9.72. The zero-order chi connectivity index (χ0) is 25.1. The normalized spacial score (nSPS) is 11.7. The summed E-state index contributed by atoms with van der Waals surface area (Å²) in [5.74, 6) is -1.50. The number of anilines is 2. The van der Waals surface area contributed by atoms with Crippen LogP contribution >= 0.6 is 0 Å². The summed E-state index contributed by atoms with van der Waals surface area (Å²) in [6, 6.07) is 12.8. The molecule has 0 saturated heterocycles. The number of rotatable bonds is 7. The third-order valence-corrected chi connectivity index (χ3v) is 6.56. The van der Waals surface area contributed by atoms with Gasteiger partial charge in [-0.25, -0.2) is 12.8 Å². The van der Waals surface area contributed by atoms with Crippen molar-refractivity contribution in [1.82, 2.24) is 0 Å². The Bertz CT molecular complexity index is 1290. The first-order valence-corrected chi connectivity index (χ1v) is 11.3. The number of aryl methyl sites for hydroxylation is 1. The number of nitrogens with one attached hydrogen (secondary N) is 1. The molecule has 6 nitrogen and oxygen atoms in total. The topological polar surface area (TPSA) is 75.7 Å². The Hall–Kier alpha value is -3.60. The minimum absolute atomic E-state index is 0.0239. The first-order chi connectivity index (χ1) is 15.9. The fourth-order valence-electron chi connectivity index (χ4n) is 3.13. The van der Waals surface area contributed by atoms with E-state index in [1.54, 1.807) is 13.0 Å². The van der Waals surface area contributed by atoms with Gasteiger partial charge in [-0.2, -0.15) is 13.2 Å². The Morgan fingerprint density at radius 2 is 1.71 bits per heavy atom. The van der Waals surface area contributed by atoms with Crippen LogP contribution < -0.4 is 14.4 Å². The minimum atomic E-state index is -4.62. The third-order valence-electron chi connectivity index (χ3n) is 4.76. The van der Waals surface area contributed by atoms with Crippen LogP contribution in [-0.2, 0) is 21.0 Å². The average Bonchev–Trinajstić information content (AvgIpc) is 2.77. The molecule has 0 radical (unpaired) electrons. The molecule has 3 aromatic carbocycles. The van der Waals surface area contributed by atoms with E-state index in [9.17, 15) is 30.8 Å². The van der Waals surface area contributed by atoms with E-state index in [2.05, 4.69) is 5.32 Å². The van der Waals surface area contributed by atoms with Crippen molar-refractivity contribution < 1.29 is 35.5 Å².